The maximum atomic E-state index is 12.2. The molecule has 0 radical (unpaired) electrons. The van der Waals surface area contributed by atoms with Crippen LogP contribution < -0.4 is 5.32 Å². The quantitative estimate of drug-likeness (QED) is 0.785. The molecule has 5 nitrogen and oxygen atoms in total. The largest absolute Gasteiger partial charge is 0.467 e. The summed E-state index contributed by atoms with van der Waals surface area (Å²) in [4.78, 5) is 18.5. The highest BCUT2D eigenvalue weighted by atomic mass is 16.5. The van der Waals surface area contributed by atoms with E-state index >= 15 is 0 Å². The van der Waals surface area contributed by atoms with E-state index in [0.29, 0.717) is 0 Å². The van der Waals surface area contributed by atoms with Gasteiger partial charge in [-0.25, -0.2) is 4.79 Å². The first-order valence-electron chi connectivity index (χ1n) is 6.14. The van der Waals surface area contributed by atoms with Crippen molar-refractivity contribution in [3.8, 4) is 0 Å². The lowest BCUT2D eigenvalue weighted by atomic mass is 9.90. The van der Waals surface area contributed by atoms with Crippen LogP contribution >= 0.6 is 0 Å². The standard InChI is InChI=1S/C13H19N3O2/c1-13(12(17)18-2,11-4-3-5-15-10-11)16-8-6-14-7-9-16/h3-5,10,14H,6-9H2,1-2H3. The van der Waals surface area contributed by atoms with Crippen LogP contribution in [-0.4, -0.2) is 49.1 Å². The molecule has 18 heavy (non-hydrogen) atoms. The van der Waals surface area contributed by atoms with Gasteiger partial charge in [-0.2, -0.15) is 0 Å². The van der Waals surface area contributed by atoms with Gasteiger partial charge in [0.2, 0.25) is 0 Å². The SMILES string of the molecule is COC(=O)C(C)(c1cccnc1)N1CCNCC1. The number of carbonyl (C=O) groups excluding carboxylic acids is 1. The fourth-order valence-electron chi connectivity index (χ4n) is 2.39. The summed E-state index contributed by atoms with van der Waals surface area (Å²) in [7, 11) is 1.43. The van der Waals surface area contributed by atoms with Gasteiger partial charge in [0.25, 0.3) is 0 Å². The number of piperazine rings is 1. The monoisotopic (exact) mass is 249 g/mol. The molecule has 2 heterocycles. The summed E-state index contributed by atoms with van der Waals surface area (Å²) in [6.45, 7) is 5.31. The fourth-order valence-corrected chi connectivity index (χ4v) is 2.39. The van der Waals surface area contributed by atoms with Crippen molar-refractivity contribution in [1.29, 1.82) is 0 Å². The predicted molar refractivity (Wildman–Crippen MR) is 68.0 cm³/mol. The van der Waals surface area contributed by atoms with Gasteiger partial charge in [-0.3, -0.25) is 9.88 Å². The molecule has 0 spiro atoms. The number of esters is 1. The van der Waals surface area contributed by atoms with E-state index in [0.717, 1.165) is 31.7 Å². The number of hydrogen-bond acceptors (Lipinski definition) is 5. The Morgan fingerprint density at radius 1 is 1.50 bits per heavy atom. The van der Waals surface area contributed by atoms with E-state index in [1.807, 2.05) is 19.1 Å². The first kappa shape index (κ1) is 13.0. The molecule has 0 bridgehead atoms. The van der Waals surface area contributed by atoms with E-state index in [2.05, 4.69) is 15.2 Å². The summed E-state index contributed by atoms with van der Waals surface area (Å²) in [5.74, 6) is -0.239. The summed E-state index contributed by atoms with van der Waals surface area (Å²) >= 11 is 0. The Morgan fingerprint density at radius 3 is 2.78 bits per heavy atom. The molecule has 98 valence electrons. The number of methoxy groups -OCH3 is 1. The molecular weight excluding hydrogens is 230 g/mol. The number of hydrogen-bond donors (Lipinski definition) is 1. The molecule has 1 aromatic heterocycles. The van der Waals surface area contributed by atoms with Crippen molar-refractivity contribution in [1.82, 2.24) is 15.2 Å². The van der Waals surface area contributed by atoms with E-state index in [-0.39, 0.29) is 5.97 Å². The molecule has 1 atom stereocenters. The predicted octanol–water partition coefficient (Wildman–Crippen LogP) is 0.375. The van der Waals surface area contributed by atoms with Crippen molar-refractivity contribution >= 4 is 5.97 Å². The third-order valence-corrected chi connectivity index (χ3v) is 3.56. The number of aromatic nitrogens is 1. The second-order valence-electron chi connectivity index (χ2n) is 4.54. The molecule has 2 rings (SSSR count). The van der Waals surface area contributed by atoms with Gasteiger partial charge in [0.05, 0.1) is 7.11 Å². The average molecular weight is 249 g/mol. The normalized spacial score (nSPS) is 20.1. The zero-order valence-electron chi connectivity index (χ0n) is 10.8. The minimum atomic E-state index is -0.759. The number of ether oxygens (including phenoxy) is 1. The van der Waals surface area contributed by atoms with Crippen LogP contribution in [0.2, 0.25) is 0 Å². The third-order valence-electron chi connectivity index (χ3n) is 3.56. The number of nitrogens with zero attached hydrogens (tertiary/aromatic N) is 2. The number of pyridine rings is 1. The maximum Gasteiger partial charge on any atom is 0.330 e. The molecule has 0 aromatic carbocycles. The van der Waals surface area contributed by atoms with E-state index in [1.165, 1.54) is 7.11 Å². The van der Waals surface area contributed by atoms with Gasteiger partial charge in [-0.15, -0.1) is 0 Å². The van der Waals surface area contributed by atoms with Crippen molar-refractivity contribution in [3.63, 3.8) is 0 Å². The van der Waals surface area contributed by atoms with Gasteiger partial charge in [0.15, 0.2) is 0 Å². The number of carbonyl (C=O) groups is 1. The second-order valence-corrected chi connectivity index (χ2v) is 4.54. The zero-order chi connectivity index (χ0) is 13.0. The first-order chi connectivity index (χ1) is 8.69. The van der Waals surface area contributed by atoms with Gasteiger partial charge in [-0.05, 0) is 13.0 Å². The highest BCUT2D eigenvalue weighted by Gasteiger charge is 2.42. The molecule has 1 aliphatic heterocycles. The lowest BCUT2D eigenvalue weighted by molar-refractivity contribution is -0.155. The van der Waals surface area contributed by atoms with E-state index < -0.39 is 5.54 Å². The van der Waals surface area contributed by atoms with Crippen LogP contribution in [0.5, 0.6) is 0 Å². The Bertz CT molecular complexity index is 404. The number of nitrogens with one attached hydrogen (secondary N) is 1. The summed E-state index contributed by atoms with van der Waals surface area (Å²) < 4.78 is 4.99. The Morgan fingerprint density at radius 2 is 2.22 bits per heavy atom. The molecule has 0 saturated carbocycles. The Balaban J connectivity index is 2.36. The van der Waals surface area contributed by atoms with E-state index in [9.17, 15) is 4.79 Å². The van der Waals surface area contributed by atoms with Gasteiger partial charge < -0.3 is 10.1 Å². The molecule has 1 saturated heterocycles. The summed E-state index contributed by atoms with van der Waals surface area (Å²) in [6.07, 6.45) is 3.44. The molecule has 1 aromatic rings. The maximum absolute atomic E-state index is 12.2. The highest BCUT2D eigenvalue weighted by Crippen LogP contribution is 2.29. The summed E-state index contributed by atoms with van der Waals surface area (Å²) in [6, 6.07) is 3.77. The van der Waals surface area contributed by atoms with E-state index in [4.69, 9.17) is 4.74 Å². The summed E-state index contributed by atoms with van der Waals surface area (Å²) in [5, 5.41) is 3.29. The van der Waals surface area contributed by atoms with Crippen LogP contribution in [0.4, 0.5) is 0 Å². The van der Waals surface area contributed by atoms with E-state index in [1.54, 1.807) is 12.4 Å². The topological polar surface area (TPSA) is 54.5 Å². The van der Waals surface area contributed by atoms with Crippen LogP contribution in [0.1, 0.15) is 12.5 Å². The molecule has 0 aliphatic carbocycles. The molecule has 1 N–H and O–H groups in total. The Labute approximate surface area is 107 Å². The Hall–Kier alpha value is -1.46. The van der Waals surface area contributed by atoms with Crippen LogP contribution in [-0.2, 0) is 15.1 Å². The van der Waals surface area contributed by atoms with Crippen LogP contribution in [0.15, 0.2) is 24.5 Å². The smallest absolute Gasteiger partial charge is 0.330 e. The highest BCUT2D eigenvalue weighted by molar-refractivity contribution is 5.82. The van der Waals surface area contributed by atoms with Crippen LogP contribution in [0.3, 0.4) is 0 Å². The van der Waals surface area contributed by atoms with Crippen molar-refractivity contribution in [2.24, 2.45) is 0 Å². The minimum absolute atomic E-state index is 0.239. The van der Waals surface area contributed by atoms with Gasteiger partial charge in [0, 0.05) is 44.1 Å². The average Bonchev–Trinajstić information content (AvgIpc) is 2.47. The van der Waals surface area contributed by atoms with Gasteiger partial charge in [0.1, 0.15) is 5.54 Å². The fraction of sp³-hybridized carbons (Fsp3) is 0.538. The second kappa shape index (κ2) is 5.46. The third kappa shape index (κ3) is 2.23. The molecule has 1 fully saturated rings. The van der Waals surface area contributed by atoms with Crippen molar-refractivity contribution in [2.75, 3.05) is 33.3 Å². The van der Waals surface area contributed by atoms with Crippen molar-refractivity contribution in [2.45, 2.75) is 12.5 Å². The van der Waals surface area contributed by atoms with Crippen LogP contribution in [0.25, 0.3) is 0 Å². The van der Waals surface area contributed by atoms with Gasteiger partial charge >= 0.3 is 5.97 Å². The minimum Gasteiger partial charge on any atom is -0.467 e. The van der Waals surface area contributed by atoms with Crippen molar-refractivity contribution < 1.29 is 9.53 Å². The Kier molecular flexibility index (Phi) is 3.93. The summed E-state index contributed by atoms with van der Waals surface area (Å²) in [5.41, 5.74) is 0.115. The van der Waals surface area contributed by atoms with Crippen LogP contribution in [0, 0.1) is 0 Å². The number of rotatable bonds is 3. The molecule has 0 amide bonds. The lowest BCUT2D eigenvalue weighted by Crippen LogP contribution is -2.57. The van der Waals surface area contributed by atoms with Gasteiger partial charge in [-0.1, -0.05) is 6.07 Å². The zero-order valence-corrected chi connectivity index (χ0v) is 10.8. The van der Waals surface area contributed by atoms with Crippen molar-refractivity contribution in [3.05, 3.63) is 30.1 Å². The first-order valence-corrected chi connectivity index (χ1v) is 6.14. The molecular formula is C13H19N3O2. The molecule has 1 unspecified atom stereocenters. The lowest BCUT2D eigenvalue weighted by Gasteiger charge is -2.41. The molecule has 1 aliphatic rings. The molecule has 5 heteroatoms.